The molecule has 1 fully saturated rings. The van der Waals surface area contributed by atoms with Gasteiger partial charge in [0, 0.05) is 11.3 Å². The van der Waals surface area contributed by atoms with E-state index in [1.807, 2.05) is 78.0 Å². The second kappa shape index (κ2) is 19.2. The number of methoxy groups -OCH3 is 2. The molecule has 0 bridgehead atoms. The molecule has 0 radical (unpaired) electrons. The highest BCUT2D eigenvalue weighted by Gasteiger charge is 2.54. The number of nitrogens with zero attached hydrogens (tertiary/aromatic N) is 1. The lowest BCUT2D eigenvalue weighted by atomic mass is 9.62. The van der Waals surface area contributed by atoms with Gasteiger partial charge in [0.05, 0.1) is 14.2 Å². The Bertz CT molecular complexity index is 1920. The fourth-order valence-corrected chi connectivity index (χ4v) is 8.10. The molecule has 58 heavy (non-hydrogen) atoms. The molecule has 0 spiro atoms. The summed E-state index contributed by atoms with van der Waals surface area (Å²) in [5, 5.41) is 9.51. The molecular formula is C48H65NO9. The molecule has 316 valence electrons. The number of carbonyl (C=O) groups is 4. The smallest absolute Gasteiger partial charge is 0.413 e. The van der Waals surface area contributed by atoms with Gasteiger partial charge in [0.15, 0.2) is 17.7 Å². The van der Waals surface area contributed by atoms with Crippen molar-refractivity contribution in [3.8, 4) is 11.5 Å². The van der Waals surface area contributed by atoms with E-state index >= 15 is 0 Å². The van der Waals surface area contributed by atoms with E-state index in [-0.39, 0.29) is 23.4 Å². The van der Waals surface area contributed by atoms with Gasteiger partial charge in [-0.2, -0.15) is 0 Å². The molecule has 1 N–H and O–H groups in total. The van der Waals surface area contributed by atoms with Crippen LogP contribution in [0.25, 0.3) is 0 Å². The lowest BCUT2D eigenvalue weighted by molar-refractivity contribution is -0.155. The molecule has 1 saturated heterocycles. The number of Topliss-reactive ketones (excluding diaryl/α,β-unsaturated/α-hetero) is 2. The Morgan fingerprint density at radius 2 is 1.52 bits per heavy atom. The second-order valence-corrected chi connectivity index (χ2v) is 17.4. The maximum Gasteiger partial charge on any atom is 0.413 e. The number of hydrogen-bond acceptors (Lipinski definition) is 8. The van der Waals surface area contributed by atoms with Crippen LogP contribution in [0.4, 0.5) is 4.79 Å². The van der Waals surface area contributed by atoms with Crippen molar-refractivity contribution in [3.63, 3.8) is 0 Å². The van der Waals surface area contributed by atoms with Crippen LogP contribution in [0.2, 0.25) is 0 Å². The molecule has 10 heteroatoms. The zero-order valence-corrected chi connectivity index (χ0v) is 36.9. The Morgan fingerprint density at radius 1 is 0.914 bits per heavy atom. The maximum atomic E-state index is 12.9. The van der Waals surface area contributed by atoms with Crippen molar-refractivity contribution in [2.75, 3.05) is 14.2 Å². The van der Waals surface area contributed by atoms with Gasteiger partial charge in [0.2, 0.25) is 0 Å². The predicted molar refractivity (Wildman–Crippen MR) is 228 cm³/mol. The monoisotopic (exact) mass is 799 g/mol. The van der Waals surface area contributed by atoms with E-state index in [9.17, 15) is 24.3 Å². The Labute approximate surface area is 346 Å². The molecule has 0 aromatic heterocycles. The molecule has 2 aromatic carbocycles. The first-order chi connectivity index (χ1) is 26.9. The summed E-state index contributed by atoms with van der Waals surface area (Å²) < 4.78 is 21.9. The lowest BCUT2D eigenvalue weighted by Gasteiger charge is -2.40. The minimum atomic E-state index is -1.15. The van der Waals surface area contributed by atoms with Crippen molar-refractivity contribution >= 4 is 23.6 Å². The third kappa shape index (κ3) is 11.2. The molecule has 1 aliphatic heterocycles. The Morgan fingerprint density at radius 3 is 2.03 bits per heavy atom. The number of hydrogen-bond donors (Lipinski definition) is 1. The second-order valence-electron chi connectivity index (χ2n) is 17.4. The maximum absolute atomic E-state index is 12.9. The van der Waals surface area contributed by atoms with Crippen molar-refractivity contribution < 1.29 is 43.2 Å². The zero-order valence-electron chi connectivity index (χ0n) is 36.9. The SMILES string of the molecule is C=C(C)[C@@H]1CC=C(C)C(=O)C1C.C=C(C)[C@@H]1CC=C(C)C(=O)[C@@]1(C)Cc1cc(OC)ccc1OC.CC(C)(C)OC(=O)N1[C@H](c2ccccc2)[C@@H](C(=O)O)OC1(C)C. The summed E-state index contributed by atoms with van der Waals surface area (Å²) in [4.78, 5) is 50.1. The summed E-state index contributed by atoms with van der Waals surface area (Å²) in [5.74, 6) is 1.55. The first-order valence-electron chi connectivity index (χ1n) is 19.8. The van der Waals surface area contributed by atoms with Crippen LogP contribution in [0.15, 0.2) is 96.1 Å². The van der Waals surface area contributed by atoms with E-state index in [1.165, 1.54) is 4.90 Å². The fourth-order valence-electron chi connectivity index (χ4n) is 8.10. The van der Waals surface area contributed by atoms with Gasteiger partial charge in [0.25, 0.3) is 0 Å². The van der Waals surface area contributed by atoms with Gasteiger partial charge >= 0.3 is 12.1 Å². The number of allylic oxidation sites excluding steroid dienone is 6. The highest BCUT2D eigenvalue weighted by molar-refractivity contribution is 6.00. The summed E-state index contributed by atoms with van der Waals surface area (Å²) in [6, 6.07) is 14.0. The number of ether oxygens (including phenoxy) is 4. The molecule has 1 amide bonds. The first-order valence-corrected chi connectivity index (χ1v) is 19.8. The molecule has 1 unspecified atom stereocenters. The zero-order chi connectivity index (χ0) is 43.9. The van der Waals surface area contributed by atoms with Crippen molar-refractivity contribution in [2.45, 2.75) is 119 Å². The number of aliphatic carboxylic acids is 1. The van der Waals surface area contributed by atoms with E-state index in [0.717, 1.165) is 52.2 Å². The summed E-state index contributed by atoms with van der Waals surface area (Å²) >= 11 is 0. The Balaban J connectivity index is 0.000000245. The van der Waals surface area contributed by atoms with Crippen LogP contribution in [-0.2, 0) is 30.3 Å². The molecule has 0 saturated carbocycles. The summed E-state index contributed by atoms with van der Waals surface area (Å²) in [6.07, 6.45) is 4.76. The first kappa shape index (κ1) is 47.4. The van der Waals surface area contributed by atoms with Gasteiger partial charge in [-0.25, -0.2) is 9.59 Å². The predicted octanol–water partition coefficient (Wildman–Crippen LogP) is 10.3. The minimum Gasteiger partial charge on any atom is -0.497 e. The van der Waals surface area contributed by atoms with Crippen LogP contribution in [-0.4, -0.2) is 65.3 Å². The van der Waals surface area contributed by atoms with Gasteiger partial charge in [-0.05, 0) is 134 Å². The average Bonchev–Trinajstić information content (AvgIpc) is 3.44. The fraction of sp³-hybridized carbons (Fsp3) is 0.500. The molecular weight excluding hydrogens is 735 g/mol. The van der Waals surface area contributed by atoms with Gasteiger partial charge in [0.1, 0.15) is 28.9 Å². The Kier molecular flexibility index (Phi) is 15.7. The number of carbonyl (C=O) groups excluding carboxylic acids is 3. The standard InChI is InChI=1S/C20H26O3.C17H23NO5.C11H16O/c1-13(2)17-9-7-14(3)19(21)20(17,4)12-15-11-16(22-5)8-10-18(15)23-6;1-16(2,3)23-15(21)18-12(11-9-7-6-8-10-11)13(14(19)20)22-17(18,4)5;1-7(2)10-6-5-8(3)11(12)9(10)4/h7-8,10-11,17H,1,9,12H2,2-6H3;6-10,12-13H,1-5H3,(H,19,20);5,9-10H,1,6H2,2-4H3/t17-,20-;12-,13+;9?,10-/m010/s1. The van der Waals surface area contributed by atoms with E-state index in [4.69, 9.17) is 18.9 Å². The minimum absolute atomic E-state index is 0.132. The Hall–Kier alpha value is -4.96. The highest BCUT2D eigenvalue weighted by atomic mass is 16.6. The number of carboxylic acid groups (broad SMARTS) is 1. The van der Waals surface area contributed by atoms with Crippen LogP contribution in [0.5, 0.6) is 11.5 Å². The van der Waals surface area contributed by atoms with Gasteiger partial charge < -0.3 is 24.1 Å². The molecule has 5 rings (SSSR count). The van der Waals surface area contributed by atoms with E-state index in [0.29, 0.717) is 17.9 Å². The molecule has 1 heterocycles. The number of carboxylic acids is 1. The van der Waals surface area contributed by atoms with Gasteiger partial charge in [-0.15, -0.1) is 0 Å². The molecule has 2 aliphatic carbocycles. The quantitative estimate of drug-likeness (QED) is 0.260. The van der Waals surface area contributed by atoms with E-state index in [1.54, 1.807) is 73.1 Å². The number of benzene rings is 2. The molecule has 2 aromatic rings. The van der Waals surface area contributed by atoms with Crippen molar-refractivity contribution in [1.82, 2.24) is 4.90 Å². The average molecular weight is 800 g/mol. The summed E-state index contributed by atoms with van der Waals surface area (Å²) in [5.41, 5.74) is 3.32. The lowest BCUT2D eigenvalue weighted by Crippen LogP contribution is -2.47. The van der Waals surface area contributed by atoms with Crippen molar-refractivity contribution in [3.05, 3.63) is 107 Å². The summed E-state index contributed by atoms with van der Waals surface area (Å²) in [7, 11) is 3.29. The molecule has 3 aliphatic rings. The summed E-state index contributed by atoms with van der Waals surface area (Å²) in [6.45, 7) is 28.5. The molecule has 10 nitrogen and oxygen atoms in total. The normalized spacial score (nSPS) is 25.1. The number of ketones is 2. The van der Waals surface area contributed by atoms with Crippen molar-refractivity contribution in [1.29, 1.82) is 0 Å². The largest absolute Gasteiger partial charge is 0.497 e. The van der Waals surface area contributed by atoms with Gasteiger partial charge in [-0.1, -0.05) is 80.6 Å². The third-order valence-corrected chi connectivity index (χ3v) is 11.2. The molecule has 6 atom stereocenters. The van der Waals surface area contributed by atoms with Crippen molar-refractivity contribution in [2.24, 2.45) is 23.2 Å². The van der Waals surface area contributed by atoms with E-state index < -0.39 is 40.9 Å². The van der Waals surface area contributed by atoms with Crippen LogP contribution in [0.1, 0.15) is 106 Å². The van der Waals surface area contributed by atoms with Crippen LogP contribution in [0, 0.1) is 23.2 Å². The van der Waals surface area contributed by atoms with E-state index in [2.05, 4.69) is 13.2 Å². The highest BCUT2D eigenvalue weighted by Crippen LogP contribution is 2.46. The van der Waals surface area contributed by atoms with Crippen LogP contribution < -0.4 is 9.47 Å². The third-order valence-electron chi connectivity index (χ3n) is 11.2. The van der Waals surface area contributed by atoms with Gasteiger partial charge in [-0.3, -0.25) is 14.5 Å². The van der Waals surface area contributed by atoms with Crippen LogP contribution in [0.3, 0.4) is 0 Å². The van der Waals surface area contributed by atoms with Crippen LogP contribution >= 0.6 is 0 Å². The topological polar surface area (TPSA) is 129 Å². The number of rotatable bonds is 8. The number of amides is 1.